The van der Waals surface area contributed by atoms with E-state index in [2.05, 4.69) is 32.3 Å². The predicted octanol–water partition coefficient (Wildman–Crippen LogP) is 1.80. The molecular weight excluding hydrogens is 328 g/mol. The number of hydrogen-bond acceptors (Lipinski definition) is 4. The lowest BCUT2D eigenvalue weighted by atomic mass is 9.95. The number of aromatic nitrogens is 1. The molecule has 0 radical (unpaired) electrons. The maximum atomic E-state index is 11.5. The molecule has 0 amide bonds. The van der Waals surface area contributed by atoms with E-state index in [1.807, 2.05) is 13.2 Å². The van der Waals surface area contributed by atoms with Gasteiger partial charge in [-0.2, -0.15) is 0 Å². The third-order valence-corrected chi connectivity index (χ3v) is 5.87. The van der Waals surface area contributed by atoms with E-state index in [0.717, 1.165) is 29.3 Å². The molecule has 0 bridgehead atoms. The standard InChI is InChI=1S/C13H19BrN2O2S/c1-15-13(5-10-2-3-19(17,18)9-10)6-11-4-12(14)8-16-7-11/h4,7-8,10,13,15H,2-3,5-6,9H2,1H3. The average molecular weight is 347 g/mol. The van der Waals surface area contributed by atoms with Gasteiger partial charge in [0.2, 0.25) is 0 Å². The zero-order chi connectivity index (χ0) is 13.9. The monoisotopic (exact) mass is 346 g/mol. The smallest absolute Gasteiger partial charge is 0.150 e. The minimum atomic E-state index is -2.78. The van der Waals surface area contributed by atoms with Crippen molar-refractivity contribution in [1.82, 2.24) is 10.3 Å². The Morgan fingerprint density at radius 2 is 2.32 bits per heavy atom. The lowest BCUT2D eigenvalue weighted by molar-refractivity contribution is 0.423. The van der Waals surface area contributed by atoms with Crippen molar-refractivity contribution >= 4 is 25.8 Å². The van der Waals surface area contributed by atoms with Gasteiger partial charge in [-0.05, 0) is 59.8 Å². The van der Waals surface area contributed by atoms with Crippen molar-refractivity contribution < 1.29 is 8.42 Å². The zero-order valence-corrected chi connectivity index (χ0v) is 13.4. The van der Waals surface area contributed by atoms with Crippen LogP contribution in [0.1, 0.15) is 18.4 Å². The molecule has 0 aromatic carbocycles. The largest absolute Gasteiger partial charge is 0.317 e. The zero-order valence-electron chi connectivity index (χ0n) is 11.0. The van der Waals surface area contributed by atoms with Crippen LogP contribution >= 0.6 is 15.9 Å². The molecule has 2 heterocycles. The van der Waals surface area contributed by atoms with Crippen molar-refractivity contribution in [2.75, 3.05) is 18.6 Å². The highest BCUT2D eigenvalue weighted by molar-refractivity contribution is 9.10. The summed E-state index contributed by atoms with van der Waals surface area (Å²) in [5, 5.41) is 3.29. The second kappa shape index (κ2) is 6.33. The highest BCUT2D eigenvalue weighted by Crippen LogP contribution is 2.24. The third-order valence-electron chi connectivity index (χ3n) is 3.60. The minimum Gasteiger partial charge on any atom is -0.317 e. The number of pyridine rings is 1. The van der Waals surface area contributed by atoms with Crippen LogP contribution in [0.3, 0.4) is 0 Å². The molecule has 1 saturated heterocycles. The summed E-state index contributed by atoms with van der Waals surface area (Å²) < 4.78 is 23.9. The molecule has 2 rings (SSSR count). The Balaban J connectivity index is 1.94. The van der Waals surface area contributed by atoms with Crippen LogP contribution in [0.2, 0.25) is 0 Å². The molecule has 6 heteroatoms. The fourth-order valence-electron chi connectivity index (χ4n) is 2.62. The van der Waals surface area contributed by atoms with Gasteiger partial charge in [-0.15, -0.1) is 0 Å². The summed E-state index contributed by atoms with van der Waals surface area (Å²) in [5.74, 6) is 0.997. The number of nitrogens with one attached hydrogen (secondary N) is 1. The summed E-state index contributed by atoms with van der Waals surface area (Å²) in [6.45, 7) is 0. The van der Waals surface area contributed by atoms with Crippen LogP contribution in [0.5, 0.6) is 0 Å². The lowest BCUT2D eigenvalue weighted by Crippen LogP contribution is -2.30. The molecule has 0 spiro atoms. The van der Waals surface area contributed by atoms with E-state index >= 15 is 0 Å². The molecule has 1 aromatic rings. The van der Waals surface area contributed by atoms with Crippen LogP contribution in [0.4, 0.5) is 0 Å². The normalized spacial score (nSPS) is 23.4. The van der Waals surface area contributed by atoms with Crippen molar-refractivity contribution in [1.29, 1.82) is 0 Å². The van der Waals surface area contributed by atoms with Gasteiger partial charge < -0.3 is 5.32 Å². The van der Waals surface area contributed by atoms with Gasteiger partial charge in [-0.3, -0.25) is 4.98 Å². The van der Waals surface area contributed by atoms with Crippen LogP contribution in [0.15, 0.2) is 22.9 Å². The summed E-state index contributed by atoms with van der Waals surface area (Å²) in [7, 11) is -0.846. The molecular formula is C13H19BrN2O2S. The molecule has 0 aliphatic carbocycles. The van der Waals surface area contributed by atoms with E-state index in [9.17, 15) is 8.42 Å². The van der Waals surface area contributed by atoms with E-state index in [1.165, 1.54) is 0 Å². The number of nitrogens with zero attached hydrogens (tertiary/aromatic N) is 1. The molecule has 0 saturated carbocycles. The molecule has 1 aliphatic rings. The second-order valence-corrected chi connectivity index (χ2v) is 8.35. The minimum absolute atomic E-state index is 0.294. The van der Waals surface area contributed by atoms with Crippen LogP contribution in [0, 0.1) is 5.92 Å². The maximum absolute atomic E-state index is 11.5. The van der Waals surface area contributed by atoms with Crippen molar-refractivity contribution in [3.05, 3.63) is 28.5 Å². The number of rotatable bonds is 5. The first kappa shape index (κ1) is 14.9. The van der Waals surface area contributed by atoms with Gasteiger partial charge >= 0.3 is 0 Å². The number of likely N-dealkylation sites (N-methyl/N-ethyl adjacent to an activating group) is 1. The average Bonchev–Trinajstić information content (AvgIpc) is 2.68. The summed E-state index contributed by atoms with van der Waals surface area (Å²) in [4.78, 5) is 4.16. The van der Waals surface area contributed by atoms with Crippen LogP contribution in [-0.4, -0.2) is 38.0 Å². The predicted molar refractivity (Wildman–Crippen MR) is 79.9 cm³/mol. The van der Waals surface area contributed by atoms with Gasteiger partial charge in [0.1, 0.15) is 0 Å². The van der Waals surface area contributed by atoms with Crippen molar-refractivity contribution in [3.8, 4) is 0 Å². The van der Waals surface area contributed by atoms with Gasteiger partial charge in [-0.1, -0.05) is 0 Å². The Bertz CT molecular complexity index is 533. The summed E-state index contributed by atoms with van der Waals surface area (Å²) >= 11 is 3.41. The van der Waals surface area contributed by atoms with Crippen molar-refractivity contribution in [2.45, 2.75) is 25.3 Å². The number of hydrogen-bond donors (Lipinski definition) is 1. The lowest BCUT2D eigenvalue weighted by Gasteiger charge is -2.19. The Hall–Kier alpha value is -0.460. The molecule has 106 valence electrons. The van der Waals surface area contributed by atoms with E-state index < -0.39 is 9.84 Å². The van der Waals surface area contributed by atoms with Gasteiger partial charge in [0.25, 0.3) is 0 Å². The van der Waals surface area contributed by atoms with E-state index in [-0.39, 0.29) is 0 Å². The SMILES string of the molecule is CNC(Cc1cncc(Br)c1)CC1CCS(=O)(=O)C1. The summed E-state index contributed by atoms with van der Waals surface area (Å²) in [5.41, 5.74) is 1.16. The molecule has 19 heavy (non-hydrogen) atoms. The topological polar surface area (TPSA) is 59.1 Å². The fraction of sp³-hybridized carbons (Fsp3) is 0.615. The van der Waals surface area contributed by atoms with Crippen LogP contribution < -0.4 is 5.32 Å². The molecule has 1 fully saturated rings. The van der Waals surface area contributed by atoms with Crippen molar-refractivity contribution in [2.24, 2.45) is 5.92 Å². The van der Waals surface area contributed by atoms with E-state index in [1.54, 1.807) is 6.20 Å². The van der Waals surface area contributed by atoms with Crippen molar-refractivity contribution in [3.63, 3.8) is 0 Å². The van der Waals surface area contributed by atoms with Gasteiger partial charge in [0.05, 0.1) is 11.5 Å². The molecule has 1 N–H and O–H groups in total. The van der Waals surface area contributed by atoms with E-state index in [4.69, 9.17) is 0 Å². The second-order valence-electron chi connectivity index (χ2n) is 5.21. The summed E-state index contributed by atoms with van der Waals surface area (Å²) in [6.07, 6.45) is 6.21. The molecule has 2 atom stereocenters. The van der Waals surface area contributed by atoms with Gasteiger partial charge in [0.15, 0.2) is 9.84 Å². The first-order valence-electron chi connectivity index (χ1n) is 6.45. The Labute approximate surface area is 123 Å². The molecule has 4 nitrogen and oxygen atoms in total. The Morgan fingerprint density at radius 3 is 2.89 bits per heavy atom. The Kier molecular flexibility index (Phi) is 4.97. The highest BCUT2D eigenvalue weighted by Gasteiger charge is 2.29. The number of sulfone groups is 1. The van der Waals surface area contributed by atoms with Crippen LogP contribution in [0.25, 0.3) is 0 Å². The molecule has 2 unspecified atom stereocenters. The molecule has 1 aromatic heterocycles. The fourth-order valence-corrected chi connectivity index (χ4v) is 4.91. The molecule has 1 aliphatic heterocycles. The number of halogens is 1. The first-order valence-corrected chi connectivity index (χ1v) is 9.07. The highest BCUT2D eigenvalue weighted by atomic mass is 79.9. The van der Waals surface area contributed by atoms with Gasteiger partial charge in [-0.25, -0.2) is 8.42 Å². The van der Waals surface area contributed by atoms with Gasteiger partial charge in [0, 0.05) is 22.9 Å². The Morgan fingerprint density at radius 1 is 1.53 bits per heavy atom. The third kappa shape index (κ3) is 4.54. The quantitative estimate of drug-likeness (QED) is 0.883. The maximum Gasteiger partial charge on any atom is 0.150 e. The van der Waals surface area contributed by atoms with E-state index in [0.29, 0.717) is 23.5 Å². The van der Waals surface area contributed by atoms with Crippen LogP contribution in [-0.2, 0) is 16.3 Å². The first-order chi connectivity index (χ1) is 8.98. The summed E-state index contributed by atoms with van der Waals surface area (Å²) in [6, 6.07) is 2.36.